The lowest BCUT2D eigenvalue weighted by molar-refractivity contribution is -0.136. The molecule has 0 amide bonds. The number of para-hydroxylation sites is 1. The fraction of sp³-hybridized carbons (Fsp3) is 0.200. The first-order valence-corrected chi connectivity index (χ1v) is 8.08. The van der Waals surface area contributed by atoms with Crippen LogP contribution in [-0.2, 0) is 9.63 Å². The van der Waals surface area contributed by atoms with Gasteiger partial charge in [0.25, 0.3) is 0 Å². The number of hydrogen-bond donors (Lipinski definition) is 0. The largest absolute Gasteiger partial charge is 0.493 e. The van der Waals surface area contributed by atoms with Gasteiger partial charge in [0.1, 0.15) is 11.5 Å². The minimum Gasteiger partial charge on any atom is -0.493 e. The lowest BCUT2D eigenvalue weighted by Gasteiger charge is -2.09. The van der Waals surface area contributed by atoms with Crippen molar-refractivity contribution < 1.29 is 14.4 Å². The normalized spacial score (nSPS) is 15.3. The Hall–Kier alpha value is -2.88. The third-order valence-corrected chi connectivity index (χ3v) is 3.72. The predicted octanol–water partition coefficient (Wildman–Crippen LogP) is 4.21. The fourth-order valence-corrected chi connectivity index (χ4v) is 2.43. The van der Waals surface area contributed by atoms with Gasteiger partial charge < -0.3 is 9.57 Å². The summed E-state index contributed by atoms with van der Waals surface area (Å²) in [5.74, 6) is 0.308. The molecule has 0 aliphatic carbocycles. The molecule has 2 aromatic carbocycles. The molecule has 0 radical (unpaired) electrons. The van der Waals surface area contributed by atoms with Gasteiger partial charge in [-0.2, -0.15) is 0 Å². The number of ether oxygens (including phenoxy) is 1. The Kier molecular flexibility index (Phi) is 5.06. The van der Waals surface area contributed by atoms with E-state index in [1.54, 1.807) is 6.08 Å². The van der Waals surface area contributed by atoms with Crippen LogP contribution in [0.2, 0.25) is 0 Å². The standard InChI is InChI=1S/C20H19NO3/c1-2-3-13-23-18-12-8-7-11-16(18)14-17-19(21-24-20(17)22)15-9-5-4-6-10-15/h4-12,14H,2-3,13H2,1H3/b17-14-. The van der Waals surface area contributed by atoms with Gasteiger partial charge in [-0.25, -0.2) is 4.79 Å². The van der Waals surface area contributed by atoms with E-state index in [4.69, 9.17) is 9.57 Å². The molecule has 0 saturated heterocycles. The molecule has 0 fully saturated rings. The quantitative estimate of drug-likeness (QED) is 0.455. The third kappa shape index (κ3) is 3.54. The maximum Gasteiger partial charge on any atom is 0.368 e. The first kappa shape index (κ1) is 16.0. The molecule has 0 aromatic heterocycles. The molecule has 4 heteroatoms. The zero-order valence-corrected chi connectivity index (χ0v) is 13.6. The van der Waals surface area contributed by atoms with Crippen molar-refractivity contribution in [3.05, 3.63) is 71.3 Å². The maximum absolute atomic E-state index is 12.1. The summed E-state index contributed by atoms with van der Waals surface area (Å²) in [6.07, 6.45) is 3.84. The zero-order valence-electron chi connectivity index (χ0n) is 13.6. The lowest BCUT2D eigenvalue weighted by atomic mass is 10.0. The highest BCUT2D eigenvalue weighted by atomic mass is 16.7. The average Bonchev–Trinajstić information content (AvgIpc) is 2.98. The summed E-state index contributed by atoms with van der Waals surface area (Å²) < 4.78 is 5.83. The van der Waals surface area contributed by atoms with Gasteiger partial charge in [0, 0.05) is 11.1 Å². The van der Waals surface area contributed by atoms with Gasteiger partial charge in [0.05, 0.1) is 12.2 Å². The van der Waals surface area contributed by atoms with Gasteiger partial charge >= 0.3 is 5.97 Å². The van der Waals surface area contributed by atoms with Crippen LogP contribution in [0.4, 0.5) is 0 Å². The lowest BCUT2D eigenvalue weighted by Crippen LogP contribution is -2.07. The number of carbonyl (C=O) groups is 1. The van der Waals surface area contributed by atoms with E-state index in [9.17, 15) is 4.79 Å². The molecule has 0 atom stereocenters. The van der Waals surface area contributed by atoms with E-state index in [0.717, 1.165) is 29.7 Å². The Labute approximate surface area is 141 Å². The second kappa shape index (κ2) is 7.59. The first-order chi connectivity index (χ1) is 11.8. The van der Waals surface area contributed by atoms with Crippen LogP contribution in [0.3, 0.4) is 0 Å². The van der Waals surface area contributed by atoms with Crippen LogP contribution < -0.4 is 4.74 Å². The number of rotatable bonds is 6. The highest BCUT2D eigenvalue weighted by Gasteiger charge is 2.27. The monoisotopic (exact) mass is 321 g/mol. The summed E-state index contributed by atoms with van der Waals surface area (Å²) in [7, 11) is 0. The van der Waals surface area contributed by atoms with Gasteiger partial charge in [0.15, 0.2) is 0 Å². The summed E-state index contributed by atoms with van der Waals surface area (Å²) in [5.41, 5.74) is 2.67. The van der Waals surface area contributed by atoms with Gasteiger partial charge in [-0.05, 0) is 18.6 Å². The Balaban J connectivity index is 1.92. The highest BCUT2D eigenvalue weighted by molar-refractivity contribution is 6.31. The Morgan fingerprint density at radius 1 is 1.08 bits per heavy atom. The highest BCUT2D eigenvalue weighted by Crippen LogP contribution is 2.25. The molecular formula is C20H19NO3. The molecule has 1 heterocycles. The number of hydrogen-bond acceptors (Lipinski definition) is 4. The van der Waals surface area contributed by atoms with Crippen LogP contribution in [0.25, 0.3) is 6.08 Å². The van der Waals surface area contributed by atoms with Crippen molar-refractivity contribution >= 4 is 17.8 Å². The van der Waals surface area contributed by atoms with Crippen LogP contribution in [0.1, 0.15) is 30.9 Å². The van der Waals surface area contributed by atoms with E-state index in [1.165, 1.54) is 0 Å². The number of unbranched alkanes of at least 4 members (excludes halogenated alkanes) is 1. The molecule has 1 aliphatic rings. The summed E-state index contributed by atoms with van der Waals surface area (Å²) in [6, 6.07) is 17.2. The van der Waals surface area contributed by atoms with Crippen molar-refractivity contribution in [3.8, 4) is 5.75 Å². The molecule has 0 saturated carbocycles. The molecule has 4 nitrogen and oxygen atoms in total. The topological polar surface area (TPSA) is 47.9 Å². The van der Waals surface area contributed by atoms with Crippen molar-refractivity contribution in [2.75, 3.05) is 6.61 Å². The van der Waals surface area contributed by atoms with Gasteiger partial charge in [-0.15, -0.1) is 0 Å². The van der Waals surface area contributed by atoms with Crippen molar-refractivity contribution in [1.29, 1.82) is 0 Å². The summed E-state index contributed by atoms with van der Waals surface area (Å²) in [4.78, 5) is 17.0. The maximum atomic E-state index is 12.1. The van der Waals surface area contributed by atoms with Crippen molar-refractivity contribution in [2.24, 2.45) is 5.16 Å². The van der Waals surface area contributed by atoms with Crippen LogP contribution in [0, 0.1) is 0 Å². The molecule has 0 spiro atoms. The van der Waals surface area contributed by atoms with Gasteiger partial charge in [0.2, 0.25) is 0 Å². The molecular weight excluding hydrogens is 302 g/mol. The molecule has 1 aliphatic heterocycles. The van der Waals surface area contributed by atoms with Crippen LogP contribution in [0.5, 0.6) is 5.75 Å². The number of benzene rings is 2. The van der Waals surface area contributed by atoms with E-state index >= 15 is 0 Å². The van der Waals surface area contributed by atoms with E-state index in [0.29, 0.717) is 17.9 Å². The van der Waals surface area contributed by atoms with E-state index in [1.807, 2.05) is 54.6 Å². The van der Waals surface area contributed by atoms with E-state index in [-0.39, 0.29) is 0 Å². The average molecular weight is 321 g/mol. The van der Waals surface area contributed by atoms with Crippen molar-refractivity contribution in [1.82, 2.24) is 0 Å². The molecule has 3 rings (SSSR count). The summed E-state index contributed by atoms with van der Waals surface area (Å²) in [5, 5.41) is 3.93. The summed E-state index contributed by atoms with van der Waals surface area (Å²) in [6.45, 7) is 2.77. The number of carbonyl (C=O) groups excluding carboxylic acids is 1. The molecule has 0 N–H and O–H groups in total. The zero-order chi connectivity index (χ0) is 16.8. The van der Waals surface area contributed by atoms with Crippen molar-refractivity contribution in [3.63, 3.8) is 0 Å². The minimum absolute atomic E-state index is 0.438. The van der Waals surface area contributed by atoms with E-state index in [2.05, 4.69) is 12.1 Å². The Bertz CT molecular complexity index is 778. The van der Waals surface area contributed by atoms with Crippen LogP contribution in [-0.4, -0.2) is 18.3 Å². The van der Waals surface area contributed by atoms with Gasteiger partial charge in [-0.3, -0.25) is 0 Å². The number of nitrogens with zero attached hydrogens (tertiary/aromatic N) is 1. The van der Waals surface area contributed by atoms with Crippen molar-refractivity contribution in [2.45, 2.75) is 19.8 Å². The van der Waals surface area contributed by atoms with Gasteiger partial charge in [-0.1, -0.05) is 67.0 Å². The predicted molar refractivity (Wildman–Crippen MR) is 93.9 cm³/mol. The fourth-order valence-electron chi connectivity index (χ4n) is 2.43. The molecule has 0 unspecified atom stereocenters. The molecule has 122 valence electrons. The number of oxime groups is 1. The molecule has 24 heavy (non-hydrogen) atoms. The Morgan fingerprint density at radius 2 is 1.83 bits per heavy atom. The van der Waals surface area contributed by atoms with Crippen LogP contribution >= 0.6 is 0 Å². The second-order valence-electron chi connectivity index (χ2n) is 5.48. The van der Waals surface area contributed by atoms with Crippen LogP contribution in [0.15, 0.2) is 65.3 Å². The SMILES string of the molecule is CCCCOc1ccccc1/C=C1\C(=O)ON=C1c1ccccc1. The molecule has 0 bridgehead atoms. The first-order valence-electron chi connectivity index (χ1n) is 8.08. The third-order valence-electron chi connectivity index (χ3n) is 3.72. The minimum atomic E-state index is -0.447. The Morgan fingerprint density at radius 3 is 2.62 bits per heavy atom. The summed E-state index contributed by atoms with van der Waals surface area (Å²) >= 11 is 0. The second-order valence-corrected chi connectivity index (χ2v) is 5.48. The molecule has 2 aromatic rings. The van der Waals surface area contributed by atoms with E-state index < -0.39 is 5.97 Å². The smallest absolute Gasteiger partial charge is 0.368 e.